The van der Waals surface area contributed by atoms with Gasteiger partial charge in [0.15, 0.2) is 0 Å². The van der Waals surface area contributed by atoms with Crippen molar-refractivity contribution in [3.8, 4) is 0 Å². The van der Waals surface area contributed by atoms with Gasteiger partial charge in [-0.2, -0.15) is 0 Å². The minimum absolute atomic E-state index is 0.0985. The maximum absolute atomic E-state index is 10.7. The molecule has 5 atom stereocenters. The molecule has 0 radical (unpaired) electrons. The second-order valence-corrected chi connectivity index (χ2v) is 8.11. The lowest BCUT2D eigenvalue weighted by molar-refractivity contribution is -0.262. The number of aliphatic hydroxyl groups is 5. The van der Waals surface area contributed by atoms with Crippen molar-refractivity contribution in [1.29, 1.82) is 0 Å². The number of hydrogen-bond acceptors (Lipinski definition) is 7. The van der Waals surface area contributed by atoms with Gasteiger partial charge in [-0.1, -0.05) is 47.5 Å². The van der Waals surface area contributed by atoms with Gasteiger partial charge in [-0.25, -0.2) is 0 Å². The first-order chi connectivity index (χ1) is 14.3. The highest BCUT2D eigenvalue weighted by atomic mass is 35.5. The Morgan fingerprint density at radius 3 is 2.53 bits per heavy atom. The highest BCUT2D eigenvalue weighted by Gasteiger charge is 2.49. The van der Waals surface area contributed by atoms with Gasteiger partial charge in [0.1, 0.15) is 30.0 Å². The fourth-order valence-corrected chi connectivity index (χ4v) is 3.65. The minimum Gasteiger partial charge on any atom is -0.393 e. The Balaban J connectivity index is 1.69. The van der Waals surface area contributed by atoms with Crippen LogP contribution in [0.3, 0.4) is 0 Å². The molecular weight excluding hydrogens is 412 g/mol. The van der Waals surface area contributed by atoms with E-state index in [2.05, 4.69) is 0 Å². The van der Waals surface area contributed by atoms with Gasteiger partial charge in [0, 0.05) is 10.6 Å². The molecule has 1 fully saturated rings. The van der Waals surface area contributed by atoms with E-state index in [1.807, 2.05) is 31.2 Å². The molecule has 5 unspecified atom stereocenters. The second kappa shape index (κ2) is 9.72. The molecule has 1 aliphatic rings. The molecule has 0 amide bonds. The molecule has 0 aromatic heterocycles. The molecule has 0 spiro atoms. The zero-order valence-electron chi connectivity index (χ0n) is 16.6. The van der Waals surface area contributed by atoms with Crippen molar-refractivity contribution in [2.24, 2.45) is 0 Å². The summed E-state index contributed by atoms with van der Waals surface area (Å²) in [5.74, 6) is 0. The van der Waals surface area contributed by atoms with Crippen molar-refractivity contribution in [2.75, 3.05) is 19.8 Å². The zero-order chi connectivity index (χ0) is 21.9. The summed E-state index contributed by atoms with van der Waals surface area (Å²) in [5.41, 5.74) is 1.52. The summed E-state index contributed by atoms with van der Waals surface area (Å²) in [5, 5.41) is 50.6. The van der Waals surface area contributed by atoms with Crippen LogP contribution in [-0.4, -0.2) is 69.3 Å². The molecule has 30 heavy (non-hydrogen) atoms. The Morgan fingerprint density at radius 1 is 1.17 bits per heavy atom. The van der Waals surface area contributed by atoms with Crippen molar-refractivity contribution in [3.05, 3.63) is 69.7 Å². The van der Waals surface area contributed by atoms with E-state index in [0.717, 1.165) is 11.1 Å². The van der Waals surface area contributed by atoms with Gasteiger partial charge in [0.05, 0.1) is 26.4 Å². The Labute approximate surface area is 180 Å². The topological polar surface area (TPSA) is 120 Å². The standard InChI is InChI=1S/C22H27ClO7/c1-13-2-5-15(6-3-13)19(26)16-8-14(4-7-17(16)23)9-29-12-22(11-24)21(28)20(27)18(25)10-30-22/h2-8,18-21,24-28H,9-12H2,1H3. The third-order valence-corrected chi connectivity index (χ3v) is 5.77. The molecule has 7 nitrogen and oxygen atoms in total. The van der Waals surface area contributed by atoms with Crippen LogP contribution in [0.15, 0.2) is 42.5 Å². The van der Waals surface area contributed by atoms with E-state index in [4.69, 9.17) is 21.1 Å². The molecule has 8 heteroatoms. The summed E-state index contributed by atoms with van der Waals surface area (Å²) in [7, 11) is 0. The summed E-state index contributed by atoms with van der Waals surface area (Å²) in [6, 6.07) is 12.6. The van der Waals surface area contributed by atoms with E-state index in [9.17, 15) is 25.5 Å². The summed E-state index contributed by atoms with van der Waals surface area (Å²) in [6.45, 7) is 1.05. The molecule has 2 aromatic rings. The van der Waals surface area contributed by atoms with Gasteiger partial charge < -0.3 is 35.0 Å². The normalized spacial score (nSPS) is 27.8. The van der Waals surface area contributed by atoms with Crippen molar-refractivity contribution >= 4 is 11.6 Å². The molecule has 1 aliphatic heterocycles. The number of hydrogen-bond donors (Lipinski definition) is 5. The number of rotatable bonds is 7. The van der Waals surface area contributed by atoms with E-state index in [0.29, 0.717) is 16.1 Å². The Morgan fingerprint density at radius 2 is 1.87 bits per heavy atom. The SMILES string of the molecule is Cc1ccc(C(O)c2cc(COCC3(CO)OCC(O)C(O)C3O)ccc2Cl)cc1. The molecule has 0 aliphatic carbocycles. The maximum atomic E-state index is 10.7. The highest BCUT2D eigenvalue weighted by molar-refractivity contribution is 6.31. The molecule has 1 saturated heterocycles. The molecule has 0 saturated carbocycles. The van der Waals surface area contributed by atoms with Crippen LogP contribution in [0.4, 0.5) is 0 Å². The quantitative estimate of drug-likeness (QED) is 0.439. The number of aliphatic hydroxyl groups excluding tert-OH is 5. The Hall–Kier alpha value is -1.55. The van der Waals surface area contributed by atoms with Gasteiger partial charge in [0.2, 0.25) is 0 Å². The summed E-state index contributed by atoms with van der Waals surface area (Å²) < 4.78 is 11.0. The van der Waals surface area contributed by atoms with Crippen LogP contribution < -0.4 is 0 Å². The molecule has 2 aromatic carbocycles. The first-order valence-electron chi connectivity index (χ1n) is 9.67. The summed E-state index contributed by atoms with van der Waals surface area (Å²) >= 11 is 6.28. The molecule has 1 heterocycles. The van der Waals surface area contributed by atoms with Crippen LogP contribution in [0.5, 0.6) is 0 Å². The first-order valence-corrected chi connectivity index (χ1v) is 10.0. The Bertz CT molecular complexity index is 844. The van der Waals surface area contributed by atoms with Crippen LogP contribution in [0.25, 0.3) is 0 Å². The first kappa shape index (κ1) is 23.1. The van der Waals surface area contributed by atoms with E-state index < -0.39 is 36.6 Å². The number of ether oxygens (including phenoxy) is 2. The fraction of sp³-hybridized carbons (Fsp3) is 0.455. The summed E-state index contributed by atoms with van der Waals surface area (Å²) in [4.78, 5) is 0. The molecule has 0 bridgehead atoms. The Kier molecular flexibility index (Phi) is 7.49. The lowest BCUT2D eigenvalue weighted by atomic mass is 9.88. The van der Waals surface area contributed by atoms with Gasteiger partial charge in [0.25, 0.3) is 0 Å². The minimum atomic E-state index is -1.53. The highest BCUT2D eigenvalue weighted by Crippen LogP contribution is 2.30. The second-order valence-electron chi connectivity index (χ2n) is 7.70. The summed E-state index contributed by atoms with van der Waals surface area (Å²) in [6.07, 6.45) is -5.08. The van der Waals surface area contributed by atoms with Crippen LogP contribution >= 0.6 is 11.6 Å². The van der Waals surface area contributed by atoms with Crippen molar-refractivity contribution in [2.45, 2.75) is 43.5 Å². The molecule has 3 rings (SSSR count). The predicted molar refractivity (Wildman–Crippen MR) is 110 cm³/mol. The molecule has 164 valence electrons. The van der Waals surface area contributed by atoms with Crippen molar-refractivity contribution < 1.29 is 35.0 Å². The maximum Gasteiger partial charge on any atom is 0.143 e. The van der Waals surface area contributed by atoms with E-state index in [1.165, 1.54) is 0 Å². The van der Waals surface area contributed by atoms with Gasteiger partial charge in [-0.05, 0) is 30.2 Å². The lowest BCUT2D eigenvalue weighted by Crippen LogP contribution is -2.64. The third-order valence-electron chi connectivity index (χ3n) is 5.43. The monoisotopic (exact) mass is 438 g/mol. The lowest BCUT2D eigenvalue weighted by Gasteiger charge is -2.44. The molecular formula is C22H27ClO7. The number of halogens is 1. The van der Waals surface area contributed by atoms with E-state index in [1.54, 1.807) is 18.2 Å². The smallest absolute Gasteiger partial charge is 0.143 e. The van der Waals surface area contributed by atoms with Gasteiger partial charge in [-0.15, -0.1) is 0 Å². The van der Waals surface area contributed by atoms with Crippen LogP contribution in [0.1, 0.15) is 28.4 Å². The average Bonchev–Trinajstić information content (AvgIpc) is 2.75. The van der Waals surface area contributed by atoms with E-state index in [-0.39, 0.29) is 19.8 Å². The number of aryl methyl sites for hydroxylation is 1. The molecule has 5 N–H and O–H groups in total. The van der Waals surface area contributed by atoms with Gasteiger partial charge >= 0.3 is 0 Å². The largest absolute Gasteiger partial charge is 0.393 e. The zero-order valence-corrected chi connectivity index (χ0v) is 17.4. The van der Waals surface area contributed by atoms with E-state index >= 15 is 0 Å². The average molecular weight is 439 g/mol. The van der Waals surface area contributed by atoms with Crippen LogP contribution in [-0.2, 0) is 16.1 Å². The predicted octanol–water partition coefficient (Wildman–Crippen LogP) is 1.09. The van der Waals surface area contributed by atoms with Crippen molar-refractivity contribution in [1.82, 2.24) is 0 Å². The van der Waals surface area contributed by atoms with Crippen LogP contribution in [0.2, 0.25) is 5.02 Å². The van der Waals surface area contributed by atoms with Crippen molar-refractivity contribution in [3.63, 3.8) is 0 Å². The van der Waals surface area contributed by atoms with Gasteiger partial charge in [-0.3, -0.25) is 0 Å². The third kappa shape index (κ3) is 4.85. The number of benzene rings is 2. The van der Waals surface area contributed by atoms with Crippen LogP contribution in [0, 0.1) is 6.92 Å². The fourth-order valence-electron chi connectivity index (χ4n) is 3.43.